The van der Waals surface area contributed by atoms with Gasteiger partial charge in [-0.25, -0.2) is 9.97 Å². The van der Waals surface area contributed by atoms with Crippen molar-refractivity contribution in [3.05, 3.63) is 17.1 Å². The Balaban J connectivity index is 2.12. The normalized spacial score (nSPS) is 19.1. The van der Waals surface area contributed by atoms with Crippen LogP contribution in [0.2, 0.25) is 0 Å². The molecule has 7 nitrogen and oxygen atoms in total. The first-order valence-corrected chi connectivity index (χ1v) is 8.48. The zero-order chi connectivity index (χ0) is 17.9. The maximum absolute atomic E-state index is 11.4. The van der Waals surface area contributed by atoms with Crippen LogP contribution in [0.1, 0.15) is 42.1 Å². The molecule has 0 saturated carbocycles. The molecule has 1 amide bonds. The predicted octanol–water partition coefficient (Wildman–Crippen LogP) is 1.03. The summed E-state index contributed by atoms with van der Waals surface area (Å²) in [4.78, 5) is 22.2. The Labute approximate surface area is 144 Å². The van der Waals surface area contributed by atoms with E-state index in [2.05, 4.69) is 34.0 Å². The van der Waals surface area contributed by atoms with Crippen LogP contribution in [-0.4, -0.2) is 54.8 Å². The maximum atomic E-state index is 11.4. The number of hydrogen-bond donors (Lipinski definition) is 2. The Morgan fingerprint density at radius 3 is 2.71 bits per heavy atom. The van der Waals surface area contributed by atoms with Crippen LogP contribution in [0.25, 0.3) is 0 Å². The first-order chi connectivity index (χ1) is 11.3. The molecule has 1 fully saturated rings. The van der Waals surface area contributed by atoms with E-state index in [1.54, 1.807) is 7.11 Å². The number of aryl methyl sites for hydroxylation is 1. The van der Waals surface area contributed by atoms with E-state index in [-0.39, 0.29) is 5.82 Å². The fourth-order valence-electron chi connectivity index (χ4n) is 3.04. The van der Waals surface area contributed by atoms with Gasteiger partial charge in [-0.1, -0.05) is 13.8 Å². The molecule has 2 atom stereocenters. The van der Waals surface area contributed by atoms with Crippen molar-refractivity contribution in [2.45, 2.75) is 46.2 Å². The number of nitrogens with two attached hydrogens (primary N) is 1. The quantitative estimate of drug-likeness (QED) is 0.773. The van der Waals surface area contributed by atoms with Crippen molar-refractivity contribution in [1.82, 2.24) is 15.3 Å². The van der Waals surface area contributed by atoms with Gasteiger partial charge in [0.2, 0.25) is 5.82 Å². The van der Waals surface area contributed by atoms with Gasteiger partial charge in [0, 0.05) is 43.5 Å². The molecule has 1 aliphatic rings. The van der Waals surface area contributed by atoms with E-state index >= 15 is 0 Å². The van der Waals surface area contributed by atoms with Crippen LogP contribution in [0.3, 0.4) is 0 Å². The summed E-state index contributed by atoms with van der Waals surface area (Å²) in [6, 6.07) is 0.702. The standard InChI is InChI=1S/C17H29N5O2/c1-10(2)14(9-24-5)20-13-6-7-22(8-13)17-11(3)12(4)19-16(21-17)15(18)23/h10,13-14,20H,6-9H2,1-5H3,(H2,18,23)/t13-,14?/m1/s1. The molecule has 0 radical (unpaired) electrons. The minimum Gasteiger partial charge on any atom is -0.383 e. The molecule has 1 aromatic heterocycles. The van der Waals surface area contributed by atoms with Crippen LogP contribution < -0.4 is 16.0 Å². The zero-order valence-corrected chi connectivity index (χ0v) is 15.3. The number of hydrogen-bond acceptors (Lipinski definition) is 6. The first-order valence-electron chi connectivity index (χ1n) is 8.48. The van der Waals surface area contributed by atoms with E-state index in [0.29, 0.717) is 24.6 Å². The third-order valence-corrected chi connectivity index (χ3v) is 4.67. The number of methoxy groups -OCH3 is 1. The lowest BCUT2D eigenvalue weighted by atomic mass is 10.0. The molecule has 0 spiro atoms. The van der Waals surface area contributed by atoms with Gasteiger partial charge in [-0.3, -0.25) is 4.79 Å². The molecule has 1 unspecified atom stereocenters. The molecular formula is C17H29N5O2. The smallest absolute Gasteiger partial charge is 0.286 e. The third-order valence-electron chi connectivity index (χ3n) is 4.67. The van der Waals surface area contributed by atoms with Crippen LogP contribution in [-0.2, 0) is 4.74 Å². The molecule has 1 aliphatic heterocycles. The molecular weight excluding hydrogens is 306 g/mol. The van der Waals surface area contributed by atoms with Gasteiger partial charge in [-0.05, 0) is 26.2 Å². The maximum Gasteiger partial charge on any atom is 0.286 e. The molecule has 0 aromatic carbocycles. The van der Waals surface area contributed by atoms with Crippen molar-refractivity contribution in [3.8, 4) is 0 Å². The molecule has 1 saturated heterocycles. The molecule has 0 bridgehead atoms. The lowest BCUT2D eigenvalue weighted by Crippen LogP contribution is -2.45. The number of nitrogens with one attached hydrogen (secondary N) is 1. The highest BCUT2D eigenvalue weighted by Gasteiger charge is 2.28. The molecule has 2 rings (SSSR count). The Morgan fingerprint density at radius 2 is 2.12 bits per heavy atom. The summed E-state index contributed by atoms with van der Waals surface area (Å²) < 4.78 is 5.32. The SMILES string of the molecule is COCC(N[C@@H]1CCN(c2nc(C(N)=O)nc(C)c2C)C1)C(C)C. The number of carbonyl (C=O) groups excluding carboxylic acids is 1. The largest absolute Gasteiger partial charge is 0.383 e. The third kappa shape index (κ3) is 4.21. The highest BCUT2D eigenvalue weighted by atomic mass is 16.5. The minimum absolute atomic E-state index is 0.0870. The van der Waals surface area contributed by atoms with Gasteiger partial charge in [0.1, 0.15) is 5.82 Å². The number of rotatable bonds is 7. The van der Waals surface area contributed by atoms with Crippen molar-refractivity contribution in [2.24, 2.45) is 11.7 Å². The summed E-state index contributed by atoms with van der Waals surface area (Å²) in [7, 11) is 1.73. The van der Waals surface area contributed by atoms with Crippen LogP contribution in [0.4, 0.5) is 5.82 Å². The summed E-state index contributed by atoms with van der Waals surface area (Å²) in [6.45, 7) is 10.7. The lowest BCUT2D eigenvalue weighted by Gasteiger charge is -2.26. The fourth-order valence-corrected chi connectivity index (χ4v) is 3.04. The topological polar surface area (TPSA) is 93.4 Å². The first kappa shape index (κ1) is 18.6. The molecule has 134 valence electrons. The monoisotopic (exact) mass is 335 g/mol. The number of nitrogens with zero attached hydrogens (tertiary/aromatic N) is 3. The number of ether oxygens (including phenoxy) is 1. The summed E-state index contributed by atoms with van der Waals surface area (Å²) in [6.07, 6.45) is 1.03. The molecule has 2 heterocycles. The summed E-state index contributed by atoms with van der Waals surface area (Å²) >= 11 is 0. The van der Waals surface area contributed by atoms with Crippen molar-refractivity contribution in [2.75, 3.05) is 31.7 Å². The molecule has 3 N–H and O–H groups in total. The Hall–Kier alpha value is -1.73. The number of primary amides is 1. The lowest BCUT2D eigenvalue weighted by molar-refractivity contribution is 0.0990. The van der Waals surface area contributed by atoms with E-state index in [1.165, 1.54) is 0 Å². The summed E-state index contributed by atoms with van der Waals surface area (Å²) in [5.41, 5.74) is 7.15. The minimum atomic E-state index is -0.590. The van der Waals surface area contributed by atoms with Crippen LogP contribution in [0, 0.1) is 19.8 Å². The van der Waals surface area contributed by atoms with E-state index in [9.17, 15) is 4.79 Å². The van der Waals surface area contributed by atoms with Gasteiger partial charge in [0.25, 0.3) is 5.91 Å². The second-order valence-corrected chi connectivity index (χ2v) is 6.85. The number of aromatic nitrogens is 2. The van der Waals surface area contributed by atoms with Gasteiger partial charge in [0.05, 0.1) is 6.61 Å². The Bertz CT molecular complexity index is 591. The van der Waals surface area contributed by atoms with Crippen molar-refractivity contribution in [3.63, 3.8) is 0 Å². The zero-order valence-electron chi connectivity index (χ0n) is 15.3. The Kier molecular flexibility index (Phi) is 6.12. The van der Waals surface area contributed by atoms with E-state index in [4.69, 9.17) is 10.5 Å². The predicted molar refractivity (Wildman–Crippen MR) is 94.3 cm³/mol. The second kappa shape index (κ2) is 7.90. The Morgan fingerprint density at radius 1 is 1.42 bits per heavy atom. The fraction of sp³-hybridized carbons (Fsp3) is 0.706. The van der Waals surface area contributed by atoms with Crippen molar-refractivity contribution in [1.29, 1.82) is 0 Å². The van der Waals surface area contributed by atoms with Crippen LogP contribution in [0.5, 0.6) is 0 Å². The summed E-state index contributed by atoms with van der Waals surface area (Å²) in [5.74, 6) is 0.814. The molecule has 0 aliphatic carbocycles. The van der Waals surface area contributed by atoms with Gasteiger partial charge in [0.15, 0.2) is 0 Å². The highest BCUT2D eigenvalue weighted by Crippen LogP contribution is 2.24. The molecule has 7 heteroatoms. The van der Waals surface area contributed by atoms with Gasteiger partial charge < -0.3 is 20.7 Å². The van der Waals surface area contributed by atoms with Gasteiger partial charge >= 0.3 is 0 Å². The van der Waals surface area contributed by atoms with Gasteiger partial charge in [-0.2, -0.15) is 0 Å². The average molecular weight is 335 g/mol. The van der Waals surface area contributed by atoms with Crippen molar-refractivity contribution < 1.29 is 9.53 Å². The van der Waals surface area contributed by atoms with E-state index in [1.807, 2.05) is 13.8 Å². The average Bonchev–Trinajstić information content (AvgIpc) is 2.97. The van der Waals surface area contributed by atoms with Crippen LogP contribution >= 0.6 is 0 Å². The van der Waals surface area contributed by atoms with E-state index in [0.717, 1.165) is 36.6 Å². The van der Waals surface area contributed by atoms with E-state index < -0.39 is 5.91 Å². The number of anilines is 1. The highest BCUT2D eigenvalue weighted by molar-refractivity contribution is 5.89. The summed E-state index contributed by atoms with van der Waals surface area (Å²) in [5, 5.41) is 3.69. The number of carbonyl (C=O) groups is 1. The van der Waals surface area contributed by atoms with Crippen LogP contribution in [0.15, 0.2) is 0 Å². The molecule has 24 heavy (non-hydrogen) atoms. The number of amides is 1. The second-order valence-electron chi connectivity index (χ2n) is 6.85. The molecule has 1 aromatic rings. The van der Waals surface area contributed by atoms with Gasteiger partial charge in [-0.15, -0.1) is 0 Å². The van der Waals surface area contributed by atoms with Crippen molar-refractivity contribution >= 4 is 11.7 Å².